The van der Waals surface area contributed by atoms with Gasteiger partial charge in [-0.3, -0.25) is 0 Å². The van der Waals surface area contributed by atoms with Crippen LogP contribution in [0.15, 0.2) is 57.6 Å². The van der Waals surface area contributed by atoms with E-state index in [-0.39, 0.29) is 0 Å². The molecular weight excluding hydrogens is 401 g/mol. The molecule has 1 saturated heterocycles. The molecular formula is C20H18InNS. The fourth-order valence-corrected chi connectivity index (χ4v) is 17.0. The first-order valence-corrected chi connectivity index (χ1v) is 14.4. The maximum atomic E-state index is 3.67. The van der Waals surface area contributed by atoms with Gasteiger partial charge in [-0.15, -0.1) is 0 Å². The monoisotopic (exact) mass is 419 g/mol. The van der Waals surface area contributed by atoms with Crippen LogP contribution in [0.25, 0.3) is 9.41 Å². The average Bonchev–Trinajstić information content (AvgIpc) is 3.29. The summed E-state index contributed by atoms with van der Waals surface area (Å²) in [4.78, 5) is 0. The summed E-state index contributed by atoms with van der Waals surface area (Å²) in [6.07, 6.45) is 2.55. The summed E-state index contributed by atoms with van der Waals surface area (Å²) >= 11 is -0.0634. The van der Waals surface area contributed by atoms with Crippen LogP contribution in [0.2, 0.25) is 0 Å². The van der Waals surface area contributed by atoms with Crippen LogP contribution in [0, 0.1) is 0 Å². The molecule has 23 heavy (non-hydrogen) atoms. The van der Waals surface area contributed by atoms with E-state index < -0.39 is 21.4 Å². The molecule has 1 N–H and O–H groups in total. The molecule has 0 saturated carbocycles. The van der Waals surface area contributed by atoms with Crippen LogP contribution in [-0.4, -0.2) is 33.1 Å². The van der Waals surface area contributed by atoms with Crippen molar-refractivity contribution in [3.05, 3.63) is 74.2 Å². The summed E-state index contributed by atoms with van der Waals surface area (Å²) in [5.74, 6) is 2.81. The van der Waals surface area contributed by atoms with Gasteiger partial charge in [0.25, 0.3) is 0 Å². The Morgan fingerprint density at radius 1 is 1.09 bits per heavy atom. The molecule has 2 aromatic rings. The maximum absolute atomic E-state index is 3.67. The van der Waals surface area contributed by atoms with Crippen LogP contribution in [0.5, 0.6) is 0 Å². The Labute approximate surface area is 149 Å². The van der Waals surface area contributed by atoms with E-state index in [0.29, 0.717) is 5.92 Å². The molecule has 5 rings (SSSR count). The van der Waals surface area contributed by atoms with Crippen LogP contribution in [-0.2, 0) is 0 Å². The third kappa shape index (κ3) is 2.09. The van der Waals surface area contributed by atoms with E-state index in [0.717, 1.165) is 5.88 Å². The SMILES string of the molecule is CC([C]1=Cc2c3ccc[c]2[In]1/[C]3=C1/CSCN1)c1ccccc1. The van der Waals surface area contributed by atoms with Gasteiger partial charge in [0, 0.05) is 0 Å². The van der Waals surface area contributed by atoms with Gasteiger partial charge in [-0.25, -0.2) is 0 Å². The molecule has 4 bridgehead atoms. The first kappa shape index (κ1) is 14.3. The normalized spacial score (nSPS) is 22.3. The van der Waals surface area contributed by atoms with E-state index in [9.17, 15) is 0 Å². The van der Waals surface area contributed by atoms with Gasteiger partial charge in [-0.2, -0.15) is 0 Å². The number of nitrogens with one attached hydrogen (secondary N) is 1. The zero-order valence-corrected chi connectivity index (χ0v) is 17.3. The summed E-state index contributed by atoms with van der Waals surface area (Å²) in [5.41, 5.74) is 6.13. The van der Waals surface area contributed by atoms with Gasteiger partial charge < -0.3 is 0 Å². The Morgan fingerprint density at radius 3 is 2.70 bits per heavy atom. The molecule has 2 aromatic carbocycles. The Kier molecular flexibility index (Phi) is 3.41. The van der Waals surface area contributed by atoms with Crippen molar-refractivity contribution in [1.82, 2.24) is 5.32 Å². The van der Waals surface area contributed by atoms with Crippen molar-refractivity contribution >= 4 is 45.9 Å². The molecule has 1 unspecified atom stereocenters. The van der Waals surface area contributed by atoms with Gasteiger partial charge in [-0.1, -0.05) is 0 Å². The zero-order chi connectivity index (χ0) is 15.4. The van der Waals surface area contributed by atoms with Crippen molar-refractivity contribution in [1.29, 1.82) is 0 Å². The van der Waals surface area contributed by atoms with Gasteiger partial charge >= 0.3 is 150 Å². The van der Waals surface area contributed by atoms with E-state index in [4.69, 9.17) is 0 Å². The predicted octanol–water partition coefficient (Wildman–Crippen LogP) is 3.69. The standard InChI is InChI=1S/C20H18NS.In/c1-16(17-7-3-2-4-8-17)11-12-18-9-5-6-10-19(18)13-20-14-22-15-21-20;/h2-8,10,12,16,21H,14-15H2,1H3;. The first-order chi connectivity index (χ1) is 11.3. The molecule has 112 valence electrons. The number of thioether (sulfide) groups is 1. The summed E-state index contributed by atoms with van der Waals surface area (Å²) in [5, 5.41) is 3.67. The van der Waals surface area contributed by atoms with Crippen molar-refractivity contribution in [3.63, 3.8) is 0 Å². The predicted molar refractivity (Wildman–Crippen MR) is 102 cm³/mol. The second kappa shape index (κ2) is 5.49. The Bertz CT molecular complexity index is 845. The summed E-state index contributed by atoms with van der Waals surface area (Å²) < 4.78 is 5.25. The van der Waals surface area contributed by atoms with Crippen molar-refractivity contribution < 1.29 is 0 Å². The fraction of sp³-hybridized carbons (Fsp3) is 0.200. The van der Waals surface area contributed by atoms with Crippen molar-refractivity contribution in [2.45, 2.75) is 12.8 Å². The third-order valence-electron chi connectivity index (χ3n) is 5.43. The summed E-state index contributed by atoms with van der Waals surface area (Å²) in [7, 11) is 0. The van der Waals surface area contributed by atoms with Gasteiger partial charge in [0.2, 0.25) is 0 Å². The first-order valence-electron chi connectivity index (χ1n) is 8.29. The van der Waals surface area contributed by atoms with E-state index >= 15 is 0 Å². The summed E-state index contributed by atoms with van der Waals surface area (Å²) in [6.45, 7) is 2.40. The molecule has 0 aliphatic carbocycles. The van der Waals surface area contributed by atoms with E-state index in [1.54, 1.807) is 26.8 Å². The number of hydrogen-bond acceptors (Lipinski definition) is 2. The molecule has 0 amide bonds. The second-order valence-corrected chi connectivity index (χ2v) is 15.4. The summed E-state index contributed by atoms with van der Waals surface area (Å²) in [6, 6.07) is 18.1. The van der Waals surface area contributed by atoms with Gasteiger partial charge in [0.05, 0.1) is 0 Å². The molecule has 3 aliphatic rings. The van der Waals surface area contributed by atoms with Crippen LogP contribution in [0.3, 0.4) is 0 Å². The van der Waals surface area contributed by atoms with Crippen molar-refractivity contribution in [3.8, 4) is 0 Å². The molecule has 3 heterocycles. The molecule has 0 aromatic heterocycles. The fourth-order valence-electron chi connectivity index (χ4n) is 4.30. The second-order valence-electron chi connectivity index (χ2n) is 6.58. The van der Waals surface area contributed by atoms with E-state index in [2.05, 4.69) is 66.8 Å². The van der Waals surface area contributed by atoms with Gasteiger partial charge in [0.15, 0.2) is 0 Å². The molecule has 1 fully saturated rings. The van der Waals surface area contributed by atoms with E-state index in [1.165, 1.54) is 11.3 Å². The Morgan fingerprint density at radius 2 is 1.96 bits per heavy atom. The van der Waals surface area contributed by atoms with Crippen LogP contribution in [0.1, 0.15) is 29.5 Å². The van der Waals surface area contributed by atoms with Gasteiger partial charge in [-0.05, 0) is 0 Å². The van der Waals surface area contributed by atoms with Crippen molar-refractivity contribution in [2.75, 3.05) is 11.6 Å². The van der Waals surface area contributed by atoms with E-state index in [1.807, 2.05) is 11.8 Å². The number of allylic oxidation sites excluding steroid dienone is 1. The number of rotatable bonds is 2. The van der Waals surface area contributed by atoms with Crippen LogP contribution in [0.4, 0.5) is 0 Å². The molecule has 1 atom stereocenters. The molecule has 3 aliphatic heterocycles. The third-order valence-corrected chi connectivity index (χ3v) is 16.8. The van der Waals surface area contributed by atoms with Crippen LogP contribution >= 0.6 is 11.8 Å². The number of benzene rings is 2. The molecule has 3 heteroatoms. The quantitative estimate of drug-likeness (QED) is 0.797. The topological polar surface area (TPSA) is 12.0 Å². The Hall–Kier alpha value is -1.06. The number of hydrogen-bond donors (Lipinski definition) is 1. The Balaban J connectivity index is 1.64. The molecule has 0 radical (unpaired) electrons. The zero-order valence-electron chi connectivity index (χ0n) is 13.2. The van der Waals surface area contributed by atoms with Gasteiger partial charge in [0.1, 0.15) is 0 Å². The van der Waals surface area contributed by atoms with Crippen molar-refractivity contribution in [2.24, 2.45) is 0 Å². The minimum atomic E-state index is -2.08. The van der Waals surface area contributed by atoms with Crippen LogP contribution < -0.4 is 8.64 Å². The minimum absolute atomic E-state index is 0.558. The average molecular weight is 419 g/mol. The molecule has 0 spiro atoms. The molecule has 1 nitrogen and oxygen atoms in total.